The van der Waals surface area contributed by atoms with E-state index in [1.165, 1.54) is 11.8 Å². The highest BCUT2D eigenvalue weighted by atomic mass is 35.5. The summed E-state index contributed by atoms with van der Waals surface area (Å²) in [6.45, 7) is 0. The van der Waals surface area contributed by atoms with Crippen LogP contribution in [0.1, 0.15) is 24.4 Å². The molecule has 1 aliphatic carbocycles. The van der Waals surface area contributed by atoms with E-state index in [1.54, 1.807) is 29.5 Å². The first kappa shape index (κ1) is 18.0. The Labute approximate surface area is 169 Å². The summed E-state index contributed by atoms with van der Waals surface area (Å²) in [5.74, 6) is 0.811. The van der Waals surface area contributed by atoms with Crippen molar-refractivity contribution in [2.24, 2.45) is 0 Å². The van der Waals surface area contributed by atoms with Gasteiger partial charge in [-0.25, -0.2) is 0 Å². The fraction of sp³-hybridized carbons (Fsp3) is 0.222. The summed E-state index contributed by atoms with van der Waals surface area (Å²) in [7, 11) is 0. The number of hydrogen-bond donors (Lipinski definition) is 1. The van der Waals surface area contributed by atoms with E-state index in [0.717, 1.165) is 28.7 Å². The minimum atomic E-state index is -0.221. The maximum absolute atomic E-state index is 12.4. The van der Waals surface area contributed by atoms with Crippen molar-refractivity contribution in [2.45, 2.75) is 24.0 Å². The molecule has 3 aromatic rings. The number of anilines is 1. The Morgan fingerprint density at radius 3 is 2.96 bits per heavy atom. The Bertz CT molecular complexity index is 1020. The molecule has 1 aromatic carbocycles. The number of rotatable bonds is 6. The number of hydrogen-bond acceptors (Lipinski definition) is 6. The molecule has 1 N–H and O–H groups in total. The Hall–Kier alpha value is -2.34. The molecule has 2 heterocycles. The van der Waals surface area contributed by atoms with Crippen LogP contribution in [-0.2, 0) is 4.79 Å². The second-order valence-electron chi connectivity index (χ2n) is 6.02. The number of amides is 1. The van der Waals surface area contributed by atoms with Crippen molar-refractivity contribution in [3.63, 3.8) is 0 Å². The molecule has 0 aliphatic heterocycles. The van der Waals surface area contributed by atoms with Gasteiger partial charge in [0.25, 0.3) is 0 Å². The lowest BCUT2D eigenvalue weighted by Gasteiger charge is -2.09. The number of nitrogens with one attached hydrogen (secondary N) is 1. The van der Waals surface area contributed by atoms with Crippen LogP contribution in [0.15, 0.2) is 40.9 Å². The number of thioether (sulfide) groups is 1. The number of nitrogens with zero attached hydrogens (tertiary/aromatic N) is 4. The maximum atomic E-state index is 12.4. The first-order valence-corrected chi connectivity index (χ1v) is 10.5. The number of carbonyl (C=O) groups excluding carboxylic acids is 1. The minimum Gasteiger partial charge on any atom is -0.324 e. The molecular formula is C18H14ClN5OS2. The van der Waals surface area contributed by atoms with Gasteiger partial charge in [-0.1, -0.05) is 29.4 Å². The maximum Gasteiger partial charge on any atom is 0.234 e. The molecular weight excluding hydrogens is 402 g/mol. The van der Waals surface area contributed by atoms with Crippen molar-refractivity contribution in [3.8, 4) is 16.8 Å². The summed E-state index contributed by atoms with van der Waals surface area (Å²) in [5, 5.41) is 23.7. The zero-order chi connectivity index (χ0) is 18.8. The zero-order valence-corrected chi connectivity index (χ0v) is 16.4. The van der Waals surface area contributed by atoms with Crippen LogP contribution < -0.4 is 5.32 Å². The average Bonchev–Trinajstić information content (AvgIpc) is 3.18. The number of aromatic nitrogens is 3. The van der Waals surface area contributed by atoms with E-state index in [1.807, 2.05) is 23.6 Å². The van der Waals surface area contributed by atoms with E-state index in [2.05, 4.69) is 20.1 Å². The van der Waals surface area contributed by atoms with E-state index in [0.29, 0.717) is 22.3 Å². The van der Waals surface area contributed by atoms with Gasteiger partial charge >= 0.3 is 0 Å². The Morgan fingerprint density at radius 2 is 2.26 bits per heavy atom. The lowest BCUT2D eigenvalue weighted by molar-refractivity contribution is -0.113. The van der Waals surface area contributed by atoms with Gasteiger partial charge in [-0.05, 0) is 42.5 Å². The summed E-state index contributed by atoms with van der Waals surface area (Å²) in [5.41, 5.74) is 0.789. The second-order valence-corrected chi connectivity index (χ2v) is 8.35. The normalized spacial score (nSPS) is 13.3. The SMILES string of the molecule is N#Cc1ccc(Cl)cc1NC(=O)CSc1nnc(-c2cccs2)n1C1CC1. The van der Waals surface area contributed by atoms with E-state index < -0.39 is 0 Å². The molecule has 1 amide bonds. The molecule has 6 nitrogen and oxygen atoms in total. The monoisotopic (exact) mass is 415 g/mol. The van der Waals surface area contributed by atoms with Crippen LogP contribution in [0, 0.1) is 11.3 Å². The number of nitriles is 1. The van der Waals surface area contributed by atoms with Crippen LogP contribution in [0.5, 0.6) is 0 Å². The van der Waals surface area contributed by atoms with E-state index >= 15 is 0 Å². The number of carbonyl (C=O) groups is 1. The third-order valence-electron chi connectivity index (χ3n) is 4.03. The number of benzene rings is 1. The van der Waals surface area contributed by atoms with Crippen LogP contribution in [0.3, 0.4) is 0 Å². The van der Waals surface area contributed by atoms with Crippen molar-refractivity contribution in [1.29, 1.82) is 5.26 Å². The molecule has 1 aliphatic rings. The van der Waals surface area contributed by atoms with Gasteiger partial charge in [-0.2, -0.15) is 5.26 Å². The first-order valence-electron chi connectivity index (χ1n) is 8.27. The van der Waals surface area contributed by atoms with Crippen molar-refractivity contribution in [3.05, 3.63) is 46.3 Å². The van der Waals surface area contributed by atoms with Gasteiger partial charge in [-0.3, -0.25) is 9.36 Å². The van der Waals surface area contributed by atoms with Gasteiger partial charge in [0.2, 0.25) is 5.91 Å². The smallest absolute Gasteiger partial charge is 0.234 e. The second kappa shape index (κ2) is 7.72. The molecule has 0 unspecified atom stereocenters. The predicted octanol–water partition coefficient (Wildman–Crippen LogP) is 4.60. The highest BCUT2D eigenvalue weighted by molar-refractivity contribution is 7.99. The summed E-state index contributed by atoms with van der Waals surface area (Å²) < 4.78 is 2.13. The van der Waals surface area contributed by atoms with Gasteiger partial charge in [0.1, 0.15) is 6.07 Å². The van der Waals surface area contributed by atoms with Crippen molar-refractivity contribution in [2.75, 3.05) is 11.1 Å². The highest BCUT2D eigenvalue weighted by Crippen LogP contribution is 2.41. The number of halogens is 1. The lowest BCUT2D eigenvalue weighted by Crippen LogP contribution is -2.15. The topological polar surface area (TPSA) is 83.6 Å². The molecule has 1 saturated carbocycles. The largest absolute Gasteiger partial charge is 0.324 e. The summed E-state index contributed by atoms with van der Waals surface area (Å²) >= 11 is 8.93. The molecule has 0 atom stereocenters. The highest BCUT2D eigenvalue weighted by Gasteiger charge is 2.30. The molecule has 0 bridgehead atoms. The summed E-state index contributed by atoms with van der Waals surface area (Å²) in [4.78, 5) is 13.4. The molecule has 0 radical (unpaired) electrons. The zero-order valence-electron chi connectivity index (χ0n) is 14.1. The summed E-state index contributed by atoms with van der Waals surface area (Å²) in [6, 6.07) is 11.2. The van der Waals surface area contributed by atoms with Crippen LogP contribution in [0.4, 0.5) is 5.69 Å². The van der Waals surface area contributed by atoms with Crippen LogP contribution >= 0.6 is 34.7 Å². The van der Waals surface area contributed by atoms with Crippen molar-refractivity contribution in [1.82, 2.24) is 14.8 Å². The van der Waals surface area contributed by atoms with Crippen molar-refractivity contribution >= 4 is 46.3 Å². The number of thiophene rings is 1. The summed E-state index contributed by atoms with van der Waals surface area (Å²) in [6.07, 6.45) is 2.20. The lowest BCUT2D eigenvalue weighted by atomic mass is 10.2. The molecule has 2 aromatic heterocycles. The Kier molecular flexibility index (Phi) is 5.16. The van der Waals surface area contributed by atoms with Crippen LogP contribution in [0.2, 0.25) is 5.02 Å². The first-order chi connectivity index (χ1) is 13.2. The average molecular weight is 416 g/mol. The quantitative estimate of drug-likeness (QED) is 0.595. The van der Waals surface area contributed by atoms with Gasteiger partial charge in [-0.15, -0.1) is 21.5 Å². The van der Waals surface area contributed by atoms with Gasteiger partial charge < -0.3 is 5.32 Å². The minimum absolute atomic E-state index is 0.173. The molecule has 4 rings (SSSR count). The molecule has 136 valence electrons. The molecule has 0 saturated heterocycles. The predicted molar refractivity (Wildman–Crippen MR) is 107 cm³/mol. The van der Waals surface area contributed by atoms with Crippen molar-refractivity contribution < 1.29 is 4.79 Å². The van der Waals surface area contributed by atoms with Gasteiger partial charge in [0.05, 0.1) is 21.9 Å². The van der Waals surface area contributed by atoms with Gasteiger partial charge in [0.15, 0.2) is 11.0 Å². The van der Waals surface area contributed by atoms with Gasteiger partial charge in [0, 0.05) is 11.1 Å². The molecule has 9 heteroatoms. The van der Waals surface area contributed by atoms with E-state index in [9.17, 15) is 4.79 Å². The Balaban J connectivity index is 1.47. The molecule has 27 heavy (non-hydrogen) atoms. The fourth-order valence-electron chi connectivity index (χ4n) is 2.64. The molecule has 0 spiro atoms. The van der Waals surface area contributed by atoms with Crippen LogP contribution in [-0.4, -0.2) is 26.4 Å². The fourth-order valence-corrected chi connectivity index (χ4v) is 4.33. The third-order valence-corrected chi connectivity index (χ3v) is 6.07. The van der Waals surface area contributed by atoms with E-state index in [4.69, 9.17) is 16.9 Å². The molecule has 1 fully saturated rings. The standard InChI is InChI=1S/C18H14ClN5OS2/c19-12-4-3-11(9-20)14(8-12)21-16(25)10-27-18-23-22-17(15-2-1-7-26-15)24(18)13-5-6-13/h1-4,7-8,13H,5-6,10H2,(H,21,25). The van der Waals surface area contributed by atoms with E-state index in [-0.39, 0.29) is 11.7 Å². The van der Waals surface area contributed by atoms with Crippen LogP contribution in [0.25, 0.3) is 10.7 Å². The third kappa shape index (κ3) is 4.00. The Morgan fingerprint density at radius 1 is 1.41 bits per heavy atom.